The van der Waals surface area contributed by atoms with Crippen molar-refractivity contribution in [2.75, 3.05) is 36.0 Å². The van der Waals surface area contributed by atoms with Gasteiger partial charge in [-0.05, 0) is 19.1 Å². The van der Waals surface area contributed by atoms with Crippen LogP contribution in [0.4, 0.5) is 11.5 Å². The lowest BCUT2D eigenvalue weighted by Crippen LogP contribution is -2.46. The average molecular weight is 280 g/mol. The summed E-state index contributed by atoms with van der Waals surface area (Å²) < 4.78 is 0. The van der Waals surface area contributed by atoms with Gasteiger partial charge in [0.05, 0.1) is 11.9 Å². The Morgan fingerprint density at radius 1 is 1.05 bits per heavy atom. The molecule has 106 valence electrons. The summed E-state index contributed by atoms with van der Waals surface area (Å²) in [5, 5.41) is 8.78. The van der Waals surface area contributed by atoms with Gasteiger partial charge in [-0.2, -0.15) is 5.26 Å². The lowest BCUT2D eigenvalue weighted by atomic mass is 10.2. The van der Waals surface area contributed by atoms with Crippen molar-refractivity contribution in [3.05, 3.63) is 42.1 Å². The molecule has 0 N–H and O–H groups in total. The largest absolute Gasteiger partial charge is 0.367 e. The maximum Gasteiger partial charge on any atom is 0.140 e. The van der Waals surface area contributed by atoms with Crippen LogP contribution in [0.1, 0.15) is 11.4 Å². The molecule has 0 atom stereocenters. The summed E-state index contributed by atoms with van der Waals surface area (Å²) in [4.78, 5) is 17.1. The van der Waals surface area contributed by atoms with Crippen LogP contribution in [0.2, 0.25) is 0 Å². The van der Waals surface area contributed by atoms with Crippen LogP contribution in [0, 0.1) is 18.3 Å². The van der Waals surface area contributed by atoms with E-state index in [2.05, 4.69) is 24.8 Å². The Labute approximate surface area is 123 Å². The van der Waals surface area contributed by atoms with Gasteiger partial charge in [0.1, 0.15) is 23.9 Å². The van der Waals surface area contributed by atoms with Gasteiger partial charge in [-0.15, -0.1) is 0 Å². The van der Waals surface area contributed by atoms with Crippen molar-refractivity contribution in [2.24, 2.45) is 0 Å². The zero-order valence-electron chi connectivity index (χ0n) is 11.9. The molecule has 0 unspecified atom stereocenters. The summed E-state index contributed by atoms with van der Waals surface area (Å²) in [5.41, 5.74) is 2.50. The molecule has 0 aliphatic carbocycles. The number of hydrogen-bond acceptors (Lipinski definition) is 6. The van der Waals surface area contributed by atoms with Crippen molar-refractivity contribution < 1.29 is 0 Å². The van der Waals surface area contributed by atoms with Crippen LogP contribution in [0.5, 0.6) is 0 Å². The molecular formula is C15H16N6. The third-order valence-electron chi connectivity index (χ3n) is 3.62. The van der Waals surface area contributed by atoms with Gasteiger partial charge in [0.2, 0.25) is 0 Å². The SMILES string of the molecule is Cc1cc(N2CCN(c3ccc(C#N)nc3)CC2)ncn1. The van der Waals surface area contributed by atoms with Gasteiger partial charge in [-0.3, -0.25) is 0 Å². The highest BCUT2D eigenvalue weighted by Gasteiger charge is 2.18. The van der Waals surface area contributed by atoms with Crippen LogP contribution in [-0.4, -0.2) is 41.1 Å². The summed E-state index contributed by atoms with van der Waals surface area (Å²) in [6.45, 7) is 5.63. The van der Waals surface area contributed by atoms with Gasteiger partial charge in [-0.25, -0.2) is 15.0 Å². The first-order valence-electron chi connectivity index (χ1n) is 6.91. The summed E-state index contributed by atoms with van der Waals surface area (Å²) in [6, 6.07) is 7.77. The molecule has 21 heavy (non-hydrogen) atoms. The summed E-state index contributed by atoms with van der Waals surface area (Å²) in [6.07, 6.45) is 3.38. The highest BCUT2D eigenvalue weighted by molar-refractivity contribution is 5.49. The number of piperazine rings is 1. The van der Waals surface area contributed by atoms with Gasteiger partial charge < -0.3 is 9.80 Å². The molecule has 3 heterocycles. The van der Waals surface area contributed by atoms with Crippen molar-refractivity contribution in [3.8, 4) is 6.07 Å². The number of rotatable bonds is 2. The second kappa shape index (κ2) is 5.75. The van der Waals surface area contributed by atoms with E-state index in [1.165, 1.54) is 0 Å². The molecule has 0 saturated carbocycles. The van der Waals surface area contributed by atoms with Gasteiger partial charge >= 0.3 is 0 Å². The maximum absolute atomic E-state index is 8.78. The summed E-state index contributed by atoms with van der Waals surface area (Å²) in [7, 11) is 0. The number of anilines is 2. The summed E-state index contributed by atoms with van der Waals surface area (Å²) in [5.74, 6) is 0.986. The fourth-order valence-corrected chi connectivity index (χ4v) is 2.45. The quantitative estimate of drug-likeness (QED) is 0.827. The van der Waals surface area contributed by atoms with Gasteiger partial charge in [0, 0.05) is 37.9 Å². The van der Waals surface area contributed by atoms with Crippen molar-refractivity contribution in [1.29, 1.82) is 5.26 Å². The summed E-state index contributed by atoms with van der Waals surface area (Å²) >= 11 is 0. The Bertz CT molecular complexity index is 653. The molecule has 6 nitrogen and oxygen atoms in total. The Hall–Kier alpha value is -2.68. The smallest absolute Gasteiger partial charge is 0.140 e. The molecule has 1 aliphatic heterocycles. The first-order chi connectivity index (χ1) is 10.3. The third-order valence-corrected chi connectivity index (χ3v) is 3.62. The molecule has 0 spiro atoms. The predicted molar refractivity (Wildman–Crippen MR) is 80.1 cm³/mol. The van der Waals surface area contributed by atoms with Crippen molar-refractivity contribution in [2.45, 2.75) is 6.92 Å². The fraction of sp³-hybridized carbons (Fsp3) is 0.333. The molecule has 0 bridgehead atoms. The molecule has 1 aliphatic rings. The minimum atomic E-state index is 0.453. The van der Waals surface area contributed by atoms with E-state index in [-0.39, 0.29) is 0 Å². The first-order valence-corrected chi connectivity index (χ1v) is 6.91. The van der Waals surface area contributed by atoms with E-state index in [1.807, 2.05) is 25.1 Å². The number of aromatic nitrogens is 3. The van der Waals surface area contributed by atoms with Crippen LogP contribution < -0.4 is 9.80 Å². The number of aryl methyl sites for hydroxylation is 1. The van der Waals surface area contributed by atoms with E-state index in [0.717, 1.165) is 43.4 Å². The molecule has 0 aromatic carbocycles. The van der Waals surface area contributed by atoms with Crippen LogP contribution in [0.25, 0.3) is 0 Å². The standard InChI is InChI=1S/C15H16N6/c1-12-8-15(19-11-18-12)21-6-4-20(5-7-21)14-3-2-13(9-16)17-10-14/h2-3,8,10-11H,4-7H2,1H3. The second-order valence-electron chi connectivity index (χ2n) is 5.01. The molecule has 1 saturated heterocycles. The predicted octanol–water partition coefficient (Wildman–Crippen LogP) is 1.38. The molecule has 6 heteroatoms. The minimum absolute atomic E-state index is 0.453. The number of pyridine rings is 1. The molecular weight excluding hydrogens is 264 g/mol. The van der Waals surface area contributed by atoms with E-state index in [4.69, 9.17) is 5.26 Å². The van der Waals surface area contributed by atoms with Gasteiger partial charge in [0.15, 0.2) is 0 Å². The molecule has 0 radical (unpaired) electrons. The minimum Gasteiger partial charge on any atom is -0.367 e. The zero-order valence-corrected chi connectivity index (χ0v) is 11.9. The lowest BCUT2D eigenvalue weighted by Gasteiger charge is -2.36. The molecule has 2 aromatic heterocycles. The molecule has 1 fully saturated rings. The zero-order chi connectivity index (χ0) is 14.7. The fourth-order valence-electron chi connectivity index (χ4n) is 2.45. The second-order valence-corrected chi connectivity index (χ2v) is 5.01. The molecule has 0 amide bonds. The Balaban J connectivity index is 1.66. The van der Waals surface area contributed by atoms with E-state index < -0.39 is 0 Å². The van der Waals surface area contributed by atoms with Crippen molar-refractivity contribution in [3.63, 3.8) is 0 Å². The van der Waals surface area contributed by atoms with Crippen LogP contribution in [-0.2, 0) is 0 Å². The van der Waals surface area contributed by atoms with E-state index >= 15 is 0 Å². The third kappa shape index (κ3) is 2.92. The lowest BCUT2D eigenvalue weighted by molar-refractivity contribution is 0.645. The normalized spacial score (nSPS) is 14.9. The van der Waals surface area contributed by atoms with E-state index in [9.17, 15) is 0 Å². The maximum atomic E-state index is 8.78. The average Bonchev–Trinajstić information content (AvgIpc) is 2.55. The Morgan fingerprint density at radius 3 is 2.43 bits per heavy atom. The Morgan fingerprint density at radius 2 is 1.81 bits per heavy atom. The van der Waals surface area contributed by atoms with Gasteiger partial charge in [0.25, 0.3) is 0 Å². The topological polar surface area (TPSA) is 68.9 Å². The molecule has 2 aromatic rings. The van der Waals surface area contributed by atoms with E-state index in [0.29, 0.717) is 5.69 Å². The highest BCUT2D eigenvalue weighted by atomic mass is 15.3. The van der Waals surface area contributed by atoms with Crippen molar-refractivity contribution in [1.82, 2.24) is 15.0 Å². The van der Waals surface area contributed by atoms with Crippen LogP contribution >= 0.6 is 0 Å². The molecule has 3 rings (SSSR count). The number of nitrogens with zero attached hydrogens (tertiary/aromatic N) is 6. The number of nitriles is 1. The van der Waals surface area contributed by atoms with E-state index in [1.54, 1.807) is 18.6 Å². The Kier molecular flexibility index (Phi) is 3.65. The number of hydrogen-bond donors (Lipinski definition) is 0. The van der Waals surface area contributed by atoms with Crippen molar-refractivity contribution >= 4 is 11.5 Å². The monoisotopic (exact) mass is 280 g/mol. The first kappa shape index (κ1) is 13.3. The van der Waals surface area contributed by atoms with Crippen LogP contribution in [0.3, 0.4) is 0 Å². The highest BCUT2D eigenvalue weighted by Crippen LogP contribution is 2.18. The van der Waals surface area contributed by atoms with Gasteiger partial charge in [-0.1, -0.05) is 0 Å². The van der Waals surface area contributed by atoms with Crippen LogP contribution in [0.15, 0.2) is 30.7 Å².